The zero-order chi connectivity index (χ0) is 15.7. The van der Waals surface area contributed by atoms with Crippen LogP contribution in [0.1, 0.15) is 12.0 Å². The number of methoxy groups -OCH3 is 1. The van der Waals surface area contributed by atoms with Crippen molar-refractivity contribution in [3.05, 3.63) is 29.8 Å². The van der Waals surface area contributed by atoms with Gasteiger partial charge >= 0.3 is 5.97 Å². The molecule has 0 heterocycles. The highest BCUT2D eigenvalue weighted by atomic mass is 32.2. The highest BCUT2D eigenvalue weighted by molar-refractivity contribution is 7.89. The number of hydrogen-bond donors (Lipinski definition) is 3. The molecule has 0 spiro atoms. The third-order valence-corrected chi connectivity index (χ3v) is 4.13. The lowest BCUT2D eigenvalue weighted by atomic mass is 10.1. The minimum atomic E-state index is -3.57. The minimum Gasteiger partial charge on any atom is -0.383 e. The Kier molecular flexibility index (Phi) is 7.68. The molecule has 0 aliphatic carbocycles. The summed E-state index contributed by atoms with van der Waals surface area (Å²) in [6.07, 6.45) is 0.490. The zero-order valence-electron chi connectivity index (χ0n) is 11.5. The topological polar surface area (TPSA) is 93.7 Å². The van der Waals surface area contributed by atoms with Crippen molar-refractivity contribution in [2.24, 2.45) is 0 Å². The molecule has 0 aromatic heterocycles. The van der Waals surface area contributed by atoms with Crippen molar-refractivity contribution in [3.63, 3.8) is 0 Å². The Morgan fingerprint density at radius 3 is 2.81 bits per heavy atom. The molecule has 21 heavy (non-hydrogen) atoms. The molecule has 0 unspecified atom stereocenters. The molecule has 1 aromatic rings. The number of hydrogen-bond acceptors (Lipinski definition) is 7. The lowest BCUT2D eigenvalue weighted by Gasteiger charge is -2.08. The Morgan fingerprint density at radius 1 is 1.38 bits per heavy atom. The smallest absolute Gasteiger partial charge is 0.326 e. The highest BCUT2D eigenvalue weighted by Gasteiger charge is 2.14. The number of aryl methyl sites for hydroxylation is 1. The molecule has 9 heteroatoms. The molecule has 1 aromatic carbocycles. The lowest BCUT2D eigenvalue weighted by molar-refractivity contribution is -0.146. The first-order valence-electron chi connectivity index (χ1n) is 6.16. The third kappa shape index (κ3) is 6.44. The Morgan fingerprint density at radius 2 is 2.14 bits per heavy atom. The van der Waals surface area contributed by atoms with E-state index in [2.05, 4.69) is 22.4 Å². The summed E-state index contributed by atoms with van der Waals surface area (Å²) in [5, 5.41) is 0. The second-order valence-electron chi connectivity index (χ2n) is 4.10. The van der Waals surface area contributed by atoms with E-state index >= 15 is 0 Å². The number of nitrogens with one attached hydrogen (secondary N) is 2. The summed E-state index contributed by atoms with van der Waals surface area (Å²) in [5.74, 6) is -0.475. The van der Waals surface area contributed by atoms with Gasteiger partial charge in [0.25, 0.3) is 0 Å². The van der Waals surface area contributed by atoms with Crippen molar-refractivity contribution in [1.82, 2.24) is 9.61 Å². The van der Waals surface area contributed by atoms with Gasteiger partial charge in [0, 0.05) is 13.7 Å². The molecule has 0 fully saturated rings. The maximum absolute atomic E-state index is 12.0. The largest absolute Gasteiger partial charge is 0.383 e. The van der Waals surface area contributed by atoms with Crippen LogP contribution in [0.25, 0.3) is 0 Å². The predicted octanol–water partition coefficient (Wildman–Crippen LogP) is 0.436. The molecule has 0 radical (unpaired) electrons. The highest BCUT2D eigenvalue weighted by Crippen LogP contribution is 2.13. The monoisotopic (exact) mass is 334 g/mol. The fourth-order valence-corrected chi connectivity index (χ4v) is 2.76. The lowest BCUT2D eigenvalue weighted by Crippen LogP contribution is -2.27. The molecular formula is C12H18N2O5S2. The molecule has 118 valence electrons. The van der Waals surface area contributed by atoms with Crippen molar-refractivity contribution in [1.29, 1.82) is 0 Å². The van der Waals surface area contributed by atoms with E-state index in [1.807, 2.05) is 4.89 Å². The van der Waals surface area contributed by atoms with Gasteiger partial charge in [0.15, 0.2) is 0 Å². The molecule has 0 aliphatic rings. The van der Waals surface area contributed by atoms with Gasteiger partial charge in [-0.2, -0.15) is 0 Å². The van der Waals surface area contributed by atoms with E-state index in [0.717, 1.165) is 5.56 Å². The van der Waals surface area contributed by atoms with Crippen LogP contribution < -0.4 is 9.61 Å². The molecule has 2 N–H and O–H groups in total. The standard InChI is InChI=1S/C12H18N2O5S2/c1-18-8-7-13-21(16,17)11-4-2-3-10(9-11)5-6-12(15)19-14-20/h2-4,9,13-14,20H,5-8H2,1H3. The van der Waals surface area contributed by atoms with Crippen LogP contribution in [0.2, 0.25) is 0 Å². The van der Waals surface area contributed by atoms with Gasteiger partial charge in [-0.1, -0.05) is 29.8 Å². The number of carbonyl (C=O) groups excluding carboxylic acids is 1. The number of rotatable bonds is 9. The Hall–Kier alpha value is -1.13. The first kappa shape index (κ1) is 17.9. The van der Waals surface area contributed by atoms with Crippen LogP contribution in [-0.2, 0) is 30.8 Å². The van der Waals surface area contributed by atoms with Gasteiger partial charge in [-0.25, -0.2) is 13.1 Å². The van der Waals surface area contributed by atoms with Crippen LogP contribution in [-0.4, -0.2) is 34.6 Å². The molecule has 0 atom stereocenters. The first-order chi connectivity index (χ1) is 9.99. The molecule has 0 saturated heterocycles. The average molecular weight is 334 g/mol. The molecular weight excluding hydrogens is 316 g/mol. The van der Waals surface area contributed by atoms with Crippen LogP contribution in [0.5, 0.6) is 0 Å². The SMILES string of the molecule is COCCNS(=O)(=O)c1cccc(CCC(=O)ONS)c1. The van der Waals surface area contributed by atoms with Gasteiger partial charge in [-0.3, -0.25) is 4.79 Å². The summed E-state index contributed by atoms with van der Waals surface area (Å²) < 4.78 is 31.3. The maximum Gasteiger partial charge on any atom is 0.326 e. The molecule has 0 amide bonds. The summed E-state index contributed by atoms with van der Waals surface area (Å²) in [7, 11) is -2.08. The number of sulfonamides is 1. The van der Waals surface area contributed by atoms with Crippen molar-refractivity contribution in [2.45, 2.75) is 17.7 Å². The summed E-state index contributed by atoms with van der Waals surface area (Å²) >= 11 is 3.54. The van der Waals surface area contributed by atoms with E-state index in [9.17, 15) is 13.2 Å². The molecule has 0 aliphatic heterocycles. The number of benzene rings is 1. The van der Waals surface area contributed by atoms with Crippen LogP contribution in [0.3, 0.4) is 0 Å². The quantitative estimate of drug-likeness (QED) is 0.345. The van der Waals surface area contributed by atoms with Gasteiger partial charge in [0.2, 0.25) is 10.0 Å². The second kappa shape index (κ2) is 9.00. The summed E-state index contributed by atoms with van der Waals surface area (Å²) in [5.41, 5.74) is 0.723. The average Bonchev–Trinajstić information content (AvgIpc) is 2.46. The summed E-state index contributed by atoms with van der Waals surface area (Å²) in [4.78, 5) is 17.8. The van der Waals surface area contributed by atoms with E-state index in [0.29, 0.717) is 13.0 Å². The van der Waals surface area contributed by atoms with Crippen molar-refractivity contribution in [3.8, 4) is 0 Å². The van der Waals surface area contributed by atoms with Crippen molar-refractivity contribution in [2.75, 3.05) is 20.3 Å². The Labute approximate surface area is 129 Å². The van der Waals surface area contributed by atoms with E-state index in [-0.39, 0.29) is 17.9 Å². The summed E-state index contributed by atoms with van der Waals surface area (Å²) in [6, 6.07) is 6.39. The van der Waals surface area contributed by atoms with E-state index in [1.54, 1.807) is 12.1 Å². The van der Waals surface area contributed by atoms with Gasteiger partial charge < -0.3 is 9.57 Å². The Balaban J connectivity index is 2.69. The van der Waals surface area contributed by atoms with Crippen LogP contribution >= 0.6 is 12.8 Å². The van der Waals surface area contributed by atoms with Gasteiger partial charge in [0.05, 0.1) is 17.9 Å². The Bertz CT molecular complexity index is 563. The van der Waals surface area contributed by atoms with Crippen LogP contribution in [0.4, 0.5) is 0 Å². The molecule has 1 rings (SSSR count). The minimum absolute atomic E-state index is 0.119. The maximum atomic E-state index is 12.0. The fraction of sp³-hybridized carbons (Fsp3) is 0.417. The first-order valence-corrected chi connectivity index (χ1v) is 8.09. The van der Waals surface area contributed by atoms with E-state index in [1.165, 1.54) is 19.2 Å². The zero-order valence-corrected chi connectivity index (χ0v) is 13.2. The van der Waals surface area contributed by atoms with Crippen LogP contribution in [0, 0.1) is 0 Å². The van der Waals surface area contributed by atoms with Gasteiger partial charge in [0.1, 0.15) is 0 Å². The van der Waals surface area contributed by atoms with E-state index < -0.39 is 16.0 Å². The second-order valence-corrected chi connectivity index (χ2v) is 6.05. The number of thiol groups is 1. The van der Waals surface area contributed by atoms with Crippen molar-refractivity contribution >= 4 is 28.8 Å². The molecule has 0 saturated carbocycles. The van der Waals surface area contributed by atoms with Gasteiger partial charge in [-0.15, -0.1) is 0 Å². The summed E-state index contributed by atoms with van der Waals surface area (Å²) in [6.45, 7) is 0.491. The normalized spacial score (nSPS) is 11.3. The molecule has 7 nitrogen and oxygen atoms in total. The van der Waals surface area contributed by atoms with Crippen LogP contribution in [0.15, 0.2) is 29.2 Å². The van der Waals surface area contributed by atoms with Gasteiger partial charge in [-0.05, 0) is 24.1 Å². The third-order valence-electron chi connectivity index (χ3n) is 2.58. The molecule has 0 bridgehead atoms. The van der Waals surface area contributed by atoms with Crippen molar-refractivity contribution < 1.29 is 22.8 Å². The number of ether oxygens (including phenoxy) is 1. The van der Waals surface area contributed by atoms with E-state index in [4.69, 9.17) is 4.74 Å². The predicted molar refractivity (Wildman–Crippen MR) is 80.0 cm³/mol. The fourth-order valence-electron chi connectivity index (χ4n) is 1.58. The number of carbonyl (C=O) groups is 1.